The SMILES string of the molecule is COC(=O)c1c(NC(=O)COc2ccc(C=O)cc2)sc2c1CCCC2. The molecule has 26 heavy (non-hydrogen) atoms. The predicted octanol–water partition coefficient (Wildman–Crippen LogP) is 3.24. The summed E-state index contributed by atoms with van der Waals surface area (Å²) in [4.78, 5) is 36.2. The molecule has 0 saturated heterocycles. The number of aryl methyl sites for hydroxylation is 1. The van der Waals surface area contributed by atoms with Crippen molar-refractivity contribution in [3.05, 3.63) is 45.8 Å². The Balaban J connectivity index is 1.69. The fraction of sp³-hybridized carbons (Fsp3) is 0.316. The molecule has 0 spiro atoms. The highest BCUT2D eigenvalue weighted by Gasteiger charge is 2.26. The summed E-state index contributed by atoms with van der Waals surface area (Å²) in [6.07, 6.45) is 4.59. The maximum absolute atomic E-state index is 12.2. The van der Waals surface area contributed by atoms with Gasteiger partial charge in [0.15, 0.2) is 6.61 Å². The average Bonchev–Trinajstić information content (AvgIpc) is 3.03. The number of ether oxygens (including phenoxy) is 2. The molecule has 2 aromatic rings. The first kappa shape index (κ1) is 18.1. The van der Waals surface area contributed by atoms with Gasteiger partial charge in [0.2, 0.25) is 0 Å². The summed E-state index contributed by atoms with van der Waals surface area (Å²) in [7, 11) is 1.34. The number of esters is 1. The van der Waals surface area contributed by atoms with Crippen LogP contribution in [0, 0.1) is 0 Å². The molecule has 136 valence electrons. The number of hydrogen-bond acceptors (Lipinski definition) is 6. The van der Waals surface area contributed by atoms with Crippen LogP contribution in [-0.4, -0.2) is 31.9 Å². The molecular weight excluding hydrogens is 354 g/mol. The number of carbonyl (C=O) groups is 3. The van der Waals surface area contributed by atoms with Crippen LogP contribution in [0.1, 0.15) is 44.0 Å². The Hall–Kier alpha value is -2.67. The Morgan fingerprint density at radius 2 is 1.92 bits per heavy atom. The average molecular weight is 373 g/mol. The molecule has 1 aliphatic rings. The van der Waals surface area contributed by atoms with Crippen LogP contribution in [0.4, 0.5) is 5.00 Å². The number of thiophene rings is 1. The van der Waals surface area contributed by atoms with Crippen LogP contribution in [-0.2, 0) is 22.4 Å². The molecule has 0 fully saturated rings. The van der Waals surface area contributed by atoms with Crippen molar-refractivity contribution < 1.29 is 23.9 Å². The third kappa shape index (κ3) is 3.94. The number of anilines is 1. The zero-order valence-corrected chi connectivity index (χ0v) is 15.2. The first-order valence-corrected chi connectivity index (χ1v) is 9.14. The smallest absolute Gasteiger partial charge is 0.341 e. The minimum atomic E-state index is -0.426. The van der Waals surface area contributed by atoms with E-state index in [0.717, 1.165) is 42.4 Å². The molecule has 0 unspecified atom stereocenters. The summed E-state index contributed by atoms with van der Waals surface area (Å²) in [5.41, 5.74) is 2.00. The van der Waals surface area contributed by atoms with E-state index in [2.05, 4.69) is 5.32 Å². The van der Waals surface area contributed by atoms with Crippen LogP contribution in [0.2, 0.25) is 0 Å². The molecule has 0 bridgehead atoms. The zero-order valence-electron chi connectivity index (χ0n) is 14.4. The van der Waals surface area contributed by atoms with Crippen molar-refractivity contribution >= 4 is 34.5 Å². The molecule has 0 atom stereocenters. The zero-order chi connectivity index (χ0) is 18.5. The van der Waals surface area contributed by atoms with Crippen molar-refractivity contribution in [2.75, 3.05) is 19.0 Å². The van der Waals surface area contributed by atoms with Gasteiger partial charge in [0.05, 0.1) is 12.7 Å². The van der Waals surface area contributed by atoms with Crippen molar-refractivity contribution in [3.63, 3.8) is 0 Å². The van der Waals surface area contributed by atoms with Crippen molar-refractivity contribution in [1.29, 1.82) is 0 Å². The molecule has 1 aromatic heterocycles. The third-order valence-electron chi connectivity index (χ3n) is 4.20. The Kier molecular flexibility index (Phi) is 5.68. The quantitative estimate of drug-likeness (QED) is 0.621. The summed E-state index contributed by atoms with van der Waals surface area (Å²) >= 11 is 1.43. The summed E-state index contributed by atoms with van der Waals surface area (Å²) in [5.74, 6) is -0.289. The van der Waals surface area contributed by atoms with E-state index in [0.29, 0.717) is 21.9 Å². The standard InChI is InChI=1S/C19H19NO5S/c1-24-19(23)17-14-4-2-3-5-15(14)26-18(17)20-16(22)11-25-13-8-6-12(10-21)7-9-13/h6-10H,2-5,11H2,1H3,(H,20,22). The lowest BCUT2D eigenvalue weighted by Crippen LogP contribution is -2.21. The molecule has 1 amide bonds. The Labute approximate surface area is 155 Å². The number of hydrogen-bond donors (Lipinski definition) is 1. The van der Waals surface area contributed by atoms with Crippen molar-refractivity contribution in [2.45, 2.75) is 25.7 Å². The molecule has 6 nitrogen and oxygen atoms in total. The van der Waals surface area contributed by atoms with Gasteiger partial charge in [-0.05, 0) is 55.5 Å². The number of fused-ring (bicyclic) bond motifs is 1. The Morgan fingerprint density at radius 1 is 1.19 bits per heavy atom. The van der Waals surface area contributed by atoms with E-state index in [1.165, 1.54) is 18.4 Å². The Bertz CT molecular complexity index is 825. The predicted molar refractivity (Wildman–Crippen MR) is 98.3 cm³/mol. The van der Waals surface area contributed by atoms with Gasteiger partial charge in [-0.2, -0.15) is 0 Å². The molecule has 0 radical (unpaired) electrons. The number of rotatable bonds is 6. The number of nitrogens with one attached hydrogen (secondary N) is 1. The number of methoxy groups -OCH3 is 1. The van der Waals surface area contributed by atoms with E-state index in [9.17, 15) is 14.4 Å². The summed E-state index contributed by atoms with van der Waals surface area (Å²) < 4.78 is 10.3. The molecule has 1 aromatic carbocycles. The number of benzene rings is 1. The first-order chi connectivity index (χ1) is 12.6. The van der Waals surface area contributed by atoms with E-state index in [1.54, 1.807) is 24.3 Å². The van der Waals surface area contributed by atoms with E-state index >= 15 is 0 Å². The topological polar surface area (TPSA) is 81.7 Å². The summed E-state index contributed by atoms with van der Waals surface area (Å²) in [6, 6.07) is 6.48. The van der Waals surface area contributed by atoms with Crippen LogP contribution < -0.4 is 10.1 Å². The molecule has 1 aliphatic carbocycles. The molecule has 0 saturated carbocycles. The van der Waals surface area contributed by atoms with Gasteiger partial charge in [0.25, 0.3) is 5.91 Å². The van der Waals surface area contributed by atoms with Gasteiger partial charge in [-0.25, -0.2) is 4.79 Å². The number of aldehydes is 1. The van der Waals surface area contributed by atoms with E-state index in [1.807, 2.05) is 0 Å². The van der Waals surface area contributed by atoms with Crippen molar-refractivity contribution in [2.24, 2.45) is 0 Å². The fourth-order valence-corrected chi connectivity index (χ4v) is 4.22. The van der Waals surface area contributed by atoms with Gasteiger partial charge in [0, 0.05) is 10.4 Å². The van der Waals surface area contributed by atoms with Gasteiger partial charge in [-0.15, -0.1) is 11.3 Å². The second-order valence-corrected chi connectivity index (χ2v) is 7.04. The largest absolute Gasteiger partial charge is 0.484 e. The number of amides is 1. The molecule has 0 aliphatic heterocycles. The van der Waals surface area contributed by atoms with Gasteiger partial charge >= 0.3 is 5.97 Å². The van der Waals surface area contributed by atoms with Crippen LogP contribution in [0.15, 0.2) is 24.3 Å². The fourth-order valence-electron chi connectivity index (χ4n) is 2.93. The summed E-state index contributed by atoms with van der Waals surface area (Å²) in [5, 5.41) is 3.30. The number of carbonyl (C=O) groups excluding carboxylic acids is 3. The highest BCUT2D eigenvalue weighted by Crippen LogP contribution is 2.38. The molecule has 1 heterocycles. The highest BCUT2D eigenvalue weighted by atomic mass is 32.1. The lowest BCUT2D eigenvalue weighted by Gasteiger charge is -2.12. The van der Waals surface area contributed by atoms with Crippen molar-refractivity contribution in [1.82, 2.24) is 0 Å². The maximum Gasteiger partial charge on any atom is 0.341 e. The lowest BCUT2D eigenvalue weighted by atomic mass is 9.95. The van der Waals surface area contributed by atoms with Gasteiger partial charge in [-0.3, -0.25) is 9.59 Å². The monoisotopic (exact) mass is 373 g/mol. The minimum Gasteiger partial charge on any atom is -0.484 e. The highest BCUT2D eigenvalue weighted by molar-refractivity contribution is 7.17. The van der Waals surface area contributed by atoms with Gasteiger partial charge in [0.1, 0.15) is 17.0 Å². The van der Waals surface area contributed by atoms with Crippen LogP contribution >= 0.6 is 11.3 Å². The van der Waals surface area contributed by atoms with Crippen LogP contribution in [0.5, 0.6) is 5.75 Å². The lowest BCUT2D eigenvalue weighted by molar-refractivity contribution is -0.118. The molecule has 7 heteroatoms. The Morgan fingerprint density at radius 3 is 2.62 bits per heavy atom. The van der Waals surface area contributed by atoms with Crippen LogP contribution in [0.3, 0.4) is 0 Å². The van der Waals surface area contributed by atoms with E-state index in [-0.39, 0.29) is 12.5 Å². The van der Waals surface area contributed by atoms with Gasteiger partial charge in [-0.1, -0.05) is 0 Å². The summed E-state index contributed by atoms with van der Waals surface area (Å²) in [6.45, 7) is -0.191. The third-order valence-corrected chi connectivity index (χ3v) is 5.41. The van der Waals surface area contributed by atoms with E-state index < -0.39 is 5.97 Å². The van der Waals surface area contributed by atoms with Crippen LogP contribution in [0.25, 0.3) is 0 Å². The van der Waals surface area contributed by atoms with Gasteiger partial charge < -0.3 is 14.8 Å². The first-order valence-electron chi connectivity index (χ1n) is 8.33. The maximum atomic E-state index is 12.2. The second kappa shape index (κ2) is 8.14. The van der Waals surface area contributed by atoms with E-state index in [4.69, 9.17) is 9.47 Å². The molecular formula is C19H19NO5S. The molecule has 3 rings (SSSR count). The second-order valence-electron chi connectivity index (χ2n) is 5.93. The minimum absolute atomic E-state index is 0.191. The normalized spacial score (nSPS) is 12.8. The molecule has 1 N–H and O–H groups in total. The van der Waals surface area contributed by atoms with Crippen molar-refractivity contribution in [3.8, 4) is 5.75 Å².